The summed E-state index contributed by atoms with van der Waals surface area (Å²) in [4.78, 5) is 10.5. The first-order valence-corrected chi connectivity index (χ1v) is 9.70. The number of amides is 2. The van der Waals surface area contributed by atoms with E-state index in [0.29, 0.717) is 13.2 Å². The van der Waals surface area contributed by atoms with Gasteiger partial charge in [0.05, 0.1) is 6.21 Å². The minimum Gasteiger partial charge on any atom is -0.490 e. The summed E-state index contributed by atoms with van der Waals surface area (Å²) in [5.74, 6) is 1.60. The number of carbonyl (C=O) groups excluding carboxylic acids is 1. The lowest BCUT2D eigenvalue weighted by Gasteiger charge is -2.09. The number of nitrogens with zero attached hydrogens (tertiary/aromatic N) is 1. The maximum absolute atomic E-state index is 10.5. The zero-order chi connectivity index (χ0) is 20.0. The van der Waals surface area contributed by atoms with Gasteiger partial charge in [0.2, 0.25) is 0 Å². The van der Waals surface area contributed by atoms with Crippen molar-refractivity contribution in [2.75, 3.05) is 13.2 Å². The van der Waals surface area contributed by atoms with Crippen molar-refractivity contribution in [3.05, 3.63) is 59.7 Å². The van der Waals surface area contributed by atoms with Crippen LogP contribution in [0.5, 0.6) is 11.5 Å². The van der Waals surface area contributed by atoms with E-state index in [-0.39, 0.29) is 0 Å². The van der Waals surface area contributed by atoms with Gasteiger partial charge in [-0.05, 0) is 60.4 Å². The molecule has 0 aliphatic heterocycles. The van der Waals surface area contributed by atoms with Gasteiger partial charge >= 0.3 is 6.03 Å². The standard InChI is InChI=1S/C22H29N3O3/c1-2-3-4-5-6-18-7-11-20(12-8-18)27-15-16-28-21-13-9-19(10-14-21)17-24-25-22(23)26/h7-14,17H,2-6,15-16H2,1H3,(H3,23,25,26). The van der Waals surface area contributed by atoms with Crippen molar-refractivity contribution in [1.29, 1.82) is 0 Å². The molecule has 0 spiro atoms. The molecule has 0 atom stereocenters. The summed E-state index contributed by atoms with van der Waals surface area (Å²) in [6.45, 7) is 3.16. The monoisotopic (exact) mass is 383 g/mol. The number of hydrogen-bond acceptors (Lipinski definition) is 4. The van der Waals surface area contributed by atoms with Gasteiger partial charge in [0.25, 0.3) is 0 Å². The summed E-state index contributed by atoms with van der Waals surface area (Å²) < 4.78 is 11.4. The molecule has 2 aromatic rings. The molecule has 6 nitrogen and oxygen atoms in total. The van der Waals surface area contributed by atoms with Crippen molar-refractivity contribution in [2.45, 2.75) is 39.0 Å². The van der Waals surface area contributed by atoms with Crippen LogP contribution in [0.1, 0.15) is 43.7 Å². The zero-order valence-corrected chi connectivity index (χ0v) is 16.4. The number of nitrogens with two attached hydrogens (primary N) is 1. The molecule has 3 N–H and O–H groups in total. The molecule has 0 heterocycles. The molecule has 0 radical (unpaired) electrons. The molecule has 0 aliphatic carbocycles. The molecule has 0 saturated heterocycles. The van der Waals surface area contributed by atoms with Gasteiger partial charge in [0, 0.05) is 0 Å². The number of benzene rings is 2. The second-order valence-electron chi connectivity index (χ2n) is 6.45. The fourth-order valence-electron chi connectivity index (χ4n) is 2.65. The van der Waals surface area contributed by atoms with Crippen LogP contribution >= 0.6 is 0 Å². The molecular formula is C22H29N3O3. The molecular weight excluding hydrogens is 354 g/mol. The number of primary amides is 1. The number of aryl methyl sites for hydroxylation is 1. The minimum absolute atomic E-state index is 0.454. The van der Waals surface area contributed by atoms with Gasteiger partial charge in [0.15, 0.2) is 0 Å². The number of urea groups is 1. The van der Waals surface area contributed by atoms with E-state index < -0.39 is 6.03 Å². The molecule has 0 fully saturated rings. The molecule has 2 aromatic carbocycles. The molecule has 0 bridgehead atoms. The van der Waals surface area contributed by atoms with Gasteiger partial charge in [0.1, 0.15) is 24.7 Å². The molecule has 0 aliphatic rings. The summed E-state index contributed by atoms with van der Waals surface area (Å²) >= 11 is 0. The SMILES string of the molecule is CCCCCCc1ccc(OCCOc2ccc(C=NNC(N)=O)cc2)cc1. The first-order valence-electron chi connectivity index (χ1n) is 9.70. The number of hydrazone groups is 1. The van der Waals surface area contributed by atoms with Crippen molar-refractivity contribution in [1.82, 2.24) is 5.43 Å². The van der Waals surface area contributed by atoms with Crippen LogP contribution in [-0.4, -0.2) is 25.5 Å². The van der Waals surface area contributed by atoms with Gasteiger partial charge in [-0.25, -0.2) is 10.2 Å². The Hall–Kier alpha value is -3.02. The fraction of sp³-hybridized carbons (Fsp3) is 0.364. The van der Waals surface area contributed by atoms with Crippen molar-refractivity contribution >= 4 is 12.2 Å². The van der Waals surface area contributed by atoms with Crippen LogP contribution in [0, 0.1) is 0 Å². The van der Waals surface area contributed by atoms with Crippen molar-refractivity contribution in [2.24, 2.45) is 10.8 Å². The Kier molecular flexibility index (Phi) is 9.41. The van der Waals surface area contributed by atoms with E-state index in [1.807, 2.05) is 36.4 Å². The lowest BCUT2D eigenvalue weighted by molar-refractivity contribution is 0.217. The van der Waals surface area contributed by atoms with Gasteiger partial charge in [-0.3, -0.25) is 0 Å². The second kappa shape index (κ2) is 12.4. The van der Waals surface area contributed by atoms with E-state index in [4.69, 9.17) is 15.2 Å². The molecule has 0 unspecified atom stereocenters. The number of hydrogen-bond donors (Lipinski definition) is 2. The van der Waals surface area contributed by atoms with Gasteiger partial charge in [-0.1, -0.05) is 38.3 Å². The summed E-state index contributed by atoms with van der Waals surface area (Å²) in [6.07, 6.45) is 7.75. The predicted octanol–water partition coefficient (Wildman–Crippen LogP) is 4.27. The summed E-state index contributed by atoms with van der Waals surface area (Å²) in [6, 6.07) is 14.9. The maximum atomic E-state index is 10.5. The molecule has 150 valence electrons. The lowest BCUT2D eigenvalue weighted by Crippen LogP contribution is -2.24. The van der Waals surface area contributed by atoms with E-state index in [1.54, 1.807) is 0 Å². The van der Waals surface area contributed by atoms with Crippen molar-refractivity contribution in [3.8, 4) is 11.5 Å². The summed E-state index contributed by atoms with van der Waals surface area (Å²) in [5.41, 5.74) is 9.26. The Morgan fingerprint density at radius 1 is 0.964 bits per heavy atom. The predicted molar refractivity (Wildman–Crippen MR) is 112 cm³/mol. The minimum atomic E-state index is -0.696. The molecule has 0 saturated carbocycles. The zero-order valence-electron chi connectivity index (χ0n) is 16.4. The summed E-state index contributed by atoms with van der Waals surface area (Å²) in [5, 5.41) is 3.70. The van der Waals surface area contributed by atoms with E-state index in [1.165, 1.54) is 37.5 Å². The first-order chi connectivity index (χ1) is 13.7. The highest BCUT2D eigenvalue weighted by molar-refractivity contribution is 5.81. The molecule has 2 rings (SSSR count). The van der Waals surface area contributed by atoms with Gasteiger partial charge in [-0.2, -0.15) is 5.10 Å². The smallest absolute Gasteiger partial charge is 0.332 e. The van der Waals surface area contributed by atoms with E-state index >= 15 is 0 Å². The molecule has 0 aromatic heterocycles. The van der Waals surface area contributed by atoms with Crippen LogP contribution in [0.3, 0.4) is 0 Å². The lowest BCUT2D eigenvalue weighted by atomic mass is 10.1. The van der Waals surface area contributed by atoms with Gasteiger partial charge < -0.3 is 15.2 Å². The summed E-state index contributed by atoms with van der Waals surface area (Å²) in [7, 11) is 0. The second-order valence-corrected chi connectivity index (χ2v) is 6.45. The average molecular weight is 383 g/mol. The number of unbranched alkanes of at least 4 members (excludes halogenated alkanes) is 3. The van der Waals surface area contributed by atoms with E-state index in [0.717, 1.165) is 23.5 Å². The quantitative estimate of drug-likeness (QED) is 0.326. The van der Waals surface area contributed by atoms with Crippen LogP contribution in [-0.2, 0) is 6.42 Å². The van der Waals surface area contributed by atoms with E-state index in [2.05, 4.69) is 29.6 Å². The van der Waals surface area contributed by atoms with E-state index in [9.17, 15) is 4.79 Å². The topological polar surface area (TPSA) is 85.9 Å². The highest BCUT2D eigenvalue weighted by Gasteiger charge is 1.98. The Labute approximate surface area is 166 Å². The third-order valence-electron chi connectivity index (χ3n) is 4.13. The Morgan fingerprint density at radius 3 is 2.14 bits per heavy atom. The Morgan fingerprint density at radius 2 is 1.57 bits per heavy atom. The third kappa shape index (κ3) is 8.58. The maximum Gasteiger partial charge on any atom is 0.332 e. The van der Waals surface area contributed by atoms with Crippen LogP contribution < -0.4 is 20.6 Å². The average Bonchev–Trinajstić information content (AvgIpc) is 2.70. The van der Waals surface area contributed by atoms with Crippen molar-refractivity contribution in [3.63, 3.8) is 0 Å². The molecule has 28 heavy (non-hydrogen) atoms. The van der Waals surface area contributed by atoms with Crippen LogP contribution in [0.2, 0.25) is 0 Å². The Balaban J connectivity index is 1.65. The van der Waals surface area contributed by atoms with Crippen LogP contribution in [0.4, 0.5) is 4.79 Å². The highest BCUT2D eigenvalue weighted by Crippen LogP contribution is 2.15. The van der Waals surface area contributed by atoms with Crippen molar-refractivity contribution < 1.29 is 14.3 Å². The normalized spacial score (nSPS) is 10.8. The first kappa shape index (κ1) is 21.3. The molecule has 6 heteroatoms. The Bertz CT molecular complexity index is 728. The highest BCUT2D eigenvalue weighted by atomic mass is 16.5. The molecule has 2 amide bonds. The van der Waals surface area contributed by atoms with Crippen LogP contribution in [0.15, 0.2) is 53.6 Å². The largest absolute Gasteiger partial charge is 0.490 e. The van der Waals surface area contributed by atoms with Gasteiger partial charge in [-0.15, -0.1) is 0 Å². The third-order valence-corrected chi connectivity index (χ3v) is 4.13. The van der Waals surface area contributed by atoms with Crippen LogP contribution in [0.25, 0.3) is 0 Å². The number of carbonyl (C=O) groups is 1. The number of nitrogens with one attached hydrogen (secondary N) is 1. The number of ether oxygens (including phenoxy) is 2. The number of rotatable bonds is 12. The fourth-order valence-corrected chi connectivity index (χ4v) is 2.65.